The van der Waals surface area contributed by atoms with Crippen LogP contribution >= 0.6 is 12.4 Å². The second kappa shape index (κ2) is 12.2. The molecule has 0 radical (unpaired) electrons. The summed E-state index contributed by atoms with van der Waals surface area (Å²) in [5.41, 5.74) is 6.86. The molecule has 3 N–H and O–H groups in total. The molecule has 194 valence electrons. The smallest absolute Gasteiger partial charge is 0.494 e. The summed E-state index contributed by atoms with van der Waals surface area (Å²) < 4.78 is 54.4. The molecule has 10 nitrogen and oxygen atoms in total. The first-order valence-corrected chi connectivity index (χ1v) is 11.2. The zero-order chi connectivity index (χ0) is 25.1. The Morgan fingerprint density at radius 1 is 1.14 bits per heavy atom. The van der Waals surface area contributed by atoms with Gasteiger partial charge >= 0.3 is 14.2 Å². The molecule has 0 bridgehead atoms. The molecule has 0 aliphatic carbocycles. The van der Waals surface area contributed by atoms with Crippen LogP contribution in [-0.4, -0.2) is 57.1 Å². The van der Waals surface area contributed by atoms with Crippen molar-refractivity contribution in [1.82, 2.24) is 0 Å². The molecule has 15 heteroatoms. The third kappa shape index (κ3) is 5.58. The second-order valence-electron chi connectivity index (χ2n) is 8.00. The maximum Gasteiger partial charge on any atom is 0.498 e. The van der Waals surface area contributed by atoms with Crippen molar-refractivity contribution in [3.63, 3.8) is 0 Å². The third-order valence-electron chi connectivity index (χ3n) is 5.70. The normalized spacial score (nSPS) is 19.2. The monoisotopic (exact) mass is 528 g/mol. The molecular formula is C21H25B2ClF2N2O8. The van der Waals surface area contributed by atoms with Gasteiger partial charge in [-0.25, -0.2) is 8.78 Å². The van der Waals surface area contributed by atoms with Gasteiger partial charge in [-0.15, -0.1) is 12.4 Å². The number of nitrogens with zero attached hydrogens (tertiary/aromatic N) is 1. The van der Waals surface area contributed by atoms with Gasteiger partial charge in [0.05, 0.1) is 19.3 Å². The Balaban J connectivity index is 0.000000197. The molecule has 2 atom stereocenters. The standard InChI is InChI=1S/C11H13BFNO5.C10H11BFNO3.ClH/c1-2-5-18-8-4-3-7(13)10-9(6-14(16)17)19-12(15)11(8)10;12-6-1-2-7-10-9(6)8(5-13)16-11(10)15-4-3-14-7;/h3-4,9,15H,2,5-6H2,1H3;1-2,8H,3-5,13H2;1H. The van der Waals surface area contributed by atoms with Crippen LogP contribution in [0.4, 0.5) is 8.78 Å². The summed E-state index contributed by atoms with van der Waals surface area (Å²) in [5.74, 6) is -0.0144. The largest absolute Gasteiger partial charge is 0.498 e. The number of ether oxygens (including phenoxy) is 2. The molecule has 3 aliphatic heterocycles. The summed E-state index contributed by atoms with van der Waals surface area (Å²) in [6, 6.07) is 5.55. The molecule has 2 aromatic rings. The topological polar surface area (TPSA) is 136 Å². The molecule has 3 aliphatic rings. The molecule has 0 saturated carbocycles. The van der Waals surface area contributed by atoms with Crippen LogP contribution in [0.25, 0.3) is 0 Å². The molecule has 2 unspecified atom stereocenters. The van der Waals surface area contributed by atoms with Gasteiger partial charge in [0, 0.05) is 33.5 Å². The van der Waals surface area contributed by atoms with E-state index in [4.69, 9.17) is 29.2 Å². The van der Waals surface area contributed by atoms with Gasteiger partial charge in [0.25, 0.3) is 0 Å². The van der Waals surface area contributed by atoms with E-state index in [1.54, 1.807) is 6.07 Å². The quantitative estimate of drug-likeness (QED) is 0.320. The summed E-state index contributed by atoms with van der Waals surface area (Å²) in [4.78, 5) is 9.92. The van der Waals surface area contributed by atoms with Crippen molar-refractivity contribution >= 4 is 37.6 Å². The van der Waals surface area contributed by atoms with Gasteiger partial charge < -0.3 is 34.2 Å². The highest BCUT2D eigenvalue weighted by Crippen LogP contribution is 2.32. The highest BCUT2D eigenvalue weighted by atomic mass is 35.5. The Morgan fingerprint density at radius 3 is 2.50 bits per heavy atom. The predicted octanol–water partition coefficient (Wildman–Crippen LogP) is 1.03. The van der Waals surface area contributed by atoms with Crippen LogP contribution in [0.1, 0.15) is 36.7 Å². The van der Waals surface area contributed by atoms with E-state index in [1.807, 2.05) is 6.92 Å². The van der Waals surface area contributed by atoms with Gasteiger partial charge in [0.2, 0.25) is 6.54 Å². The Kier molecular flexibility index (Phi) is 9.50. The fourth-order valence-electron chi connectivity index (χ4n) is 4.25. The van der Waals surface area contributed by atoms with Crippen LogP contribution < -0.4 is 26.1 Å². The Hall–Kier alpha value is -2.48. The van der Waals surface area contributed by atoms with Crippen molar-refractivity contribution in [2.45, 2.75) is 25.6 Å². The highest BCUT2D eigenvalue weighted by molar-refractivity contribution is 6.64. The second-order valence-corrected chi connectivity index (χ2v) is 8.00. The van der Waals surface area contributed by atoms with E-state index in [2.05, 4.69) is 0 Å². The molecule has 5 rings (SSSR count). The number of halogens is 3. The van der Waals surface area contributed by atoms with E-state index in [1.165, 1.54) is 12.1 Å². The first-order valence-electron chi connectivity index (χ1n) is 11.2. The molecule has 0 fully saturated rings. The fraction of sp³-hybridized carbons (Fsp3) is 0.429. The lowest BCUT2D eigenvalue weighted by molar-refractivity contribution is -0.490. The lowest BCUT2D eigenvalue weighted by Gasteiger charge is -2.12. The minimum Gasteiger partial charge on any atom is -0.494 e. The van der Waals surface area contributed by atoms with E-state index in [0.717, 1.165) is 12.5 Å². The summed E-state index contributed by atoms with van der Waals surface area (Å²) >= 11 is 0. The number of hydrogen-bond donors (Lipinski definition) is 2. The van der Waals surface area contributed by atoms with Crippen LogP contribution in [0.5, 0.6) is 11.5 Å². The lowest BCUT2D eigenvalue weighted by Crippen LogP contribution is -2.31. The van der Waals surface area contributed by atoms with Gasteiger partial charge in [-0.2, -0.15) is 0 Å². The lowest BCUT2D eigenvalue weighted by atomic mass is 9.77. The Labute approximate surface area is 212 Å². The molecule has 3 heterocycles. The van der Waals surface area contributed by atoms with E-state index in [-0.39, 0.29) is 35.8 Å². The van der Waals surface area contributed by atoms with E-state index in [9.17, 15) is 23.9 Å². The summed E-state index contributed by atoms with van der Waals surface area (Å²) in [6.45, 7) is 2.82. The van der Waals surface area contributed by atoms with Crippen LogP contribution in [0, 0.1) is 21.7 Å². The van der Waals surface area contributed by atoms with Gasteiger partial charge in [0.15, 0.2) is 0 Å². The first-order chi connectivity index (χ1) is 16.8. The predicted molar refractivity (Wildman–Crippen MR) is 129 cm³/mol. The number of nitro groups is 1. The number of fused-ring (bicyclic) bond motifs is 1. The third-order valence-corrected chi connectivity index (χ3v) is 5.70. The number of nitrogens with two attached hydrogens (primary N) is 1. The van der Waals surface area contributed by atoms with Crippen LogP contribution in [-0.2, 0) is 14.0 Å². The van der Waals surface area contributed by atoms with Crippen molar-refractivity contribution in [2.24, 2.45) is 5.73 Å². The maximum absolute atomic E-state index is 13.8. The average molecular weight is 529 g/mol. The molecule has 36 heavy (non-hydrogen) atoms. The summed E-state index contributed by atoms with van der Waals surface area (Å²) in [7, 11) is -1.95. The van der Waals surface area contributed by atoms with E-state index in [0.29, 0.717) is 42.3 Å². The molecule has 0 spiro atoms. The summed E-state index contributed by atoms with van der Waals surface area (Å²) in [6.07, 6.45) is -0.784. The van der Waals surface area contributed by atoms with Gasteiger partial charge in [-0.3, -0.25) is 10.1 Å². The van der Waals surface area contributed by atoms with Gasteiger partial charge in [0.1, 0.15) is 35.8 Å². The van der Waals surface area contributed by atoms with Crippen molar-refractivity contribution < 1.29 is 42.2 Å². The Bertz CT molecular complexity index is 1100. The SMILES string of the molecule is CCCOc1ccc(F)c2c1B(O)OC2C[N+](=O)[O-].Cl.NCC1OB2OCCOc3ccc(F)c1c32. The molecule has 0 aromatic heterocycles. The van der Waals surface area contributed by atoms with Crippen LogP contribution in [0.15, 0.2) is 24.3 Å². The van der Waals surface area contributed by atoms with Crippen molar-refractivity contribution in [1.29, 1.82) is 0 Å². The van der Waals surface area contributed by atoms with Gasteiger partial charge in [-0.1, -0.05) is 6.92 Å². The fourth-order valence-corrected chi connectivity index (χ4v) is 4.25. The van der Waals surface area contributed by atoms with E-state index >= 15 is 0 Å². The molecular weight excluding hydrogens is 503 g/mol. The summed E-state index contributed by atoms with van der Waals surface area (Å²) in [5, 5.41) is 20.3. The number of rotatable bonds is 6. The minimum atomic E-state index is -1.40. The van der Waals surface area contributed by atoms with Crippen LogP contribution in [0.2, 0.25) is 0 Å². The minimum absolute atomic E-state index is 0. The average Bonchev–Trinajstić information content (AvgIpc) is 3.29. The highest BCUT2D eigenvalue weighted by Gasteiger charge is 2.43. The van der Waals surface area contributed by atoms with Crippen LogP contribution in [0.3, 0.4) is 0 Å². The zero-order valence-corrected chi connectivity index (χ0v) is 20.2. The Morgan fingerprint density at radius 2 is 1.83 bits per heavy atom. The van der Waals surface area contributed by atoms with Gasteiger partial charge in [-0.05, 0) is 30.7 Å². The van der Waals surface area contributed by atoms with E-state index < -0.39 is 43.7 Å². The molecule has 2 aromatic carbocycles. The maximum atomic E-state index is 13.8. The molecule has 0 amide bonds. The van der Waals surface area contributed by atoms with Crippen molar-refractivity contribution in [3.05, 3.63) is 57.1 Å². The molecule has 0 saturated heterocycles. The van der Waals surface area contributed by atoms with Crippen molar-refractivity contribution in [3.8, 4) is 11.5 Å². The first kappa shape index (κ1) is 28.1. The number of benzene rings is 2. The number of hydrogen-bond acceptors (Lipinski definition) is 9. The van der Waals surface area contributed by atoms with Crippen molar-refractivity contribution in [2.75, 3.05) is 32.9 Å². The zero-order valence-electron chi connectivity index (χ0n) is 19.4.